The maximum Gasteiger partial charge on any atom is 0.255 e. The highest BCUT2D eigenvalue weighted by Crippen LogP contribution is 2.23. The Labute approximate surface area is 103 Å². The number of rotatable bonds is 2. The van der Waals surface area contributed by atoms with Gasteiger partial charge in [0.05, 0.1) is 16.7 Å². The van der Waals surface area contributed by atoms with E-state index in [1.54, 1.807) is 11.3 Å². The third-order valence-electron chi connectivity index (χ3n) is 1.88. The second kappa shape index (κ2) is 4.47. The molecule has 0 amide bonds. The van der Waals surface area contributed by atoms with Gasteiger partial charge in [-0.25, -0.2) is 4.98 Å². The Morgan fingerprint density at radius 3 is 3.00 bits per heavy atom. The van der Waals surface area contributed by atoms with E-state index in [-0.39, 0.29) is 10.7 Å². The smallest absolute Gasteiger partial charge is 0.255 e. The Hall–Kier alpha value is -0.650. The summed E-state index contributed by atoms with van der Waals surface area (Å²) >= 11 is 10.6. The lowest BCUT2D eigenvalue weighted by molar-refractivity contribution is 0.736. The Kier molecular flexibility index (Phi) is 3.23. The van der Waals surface area contributed by atoms with Crippen LogP contribution >= 0.6 is 38.9 Å². The SMILES string of the molecule is O=c1cc(Cl)ncn1Cc1ccsc1Br. The van der Waals surface area contributed by atoms with Gasteiger partial charge in [-0.3, -0.25) is 9.36 Å². The molecule has 0 N–H and O–H groups in total. The van der Waals surface area contributed by atoms with Gasteiger partial charge < -0.3 is 0 Å². The zero-order chi connectivity index (χ0) is 10.8. The molecular weight excluding hydrogens is 300 g/mol. The number of hydrogen-bond donors (Lipinski definition) is 0. The average Bonchev–Trinajstić information content (AvgIpc) is 2.57. The minimum atomic E-state index is -0.145. The van der Waals surface area contributed by atoms with Gasteiger partial charge in [-0.05, 0) is 32.9 Å². The van der Waals surface area contributed by atoms with Crippen molar-refractivity contribution < 1.29 is 0 Å². The van der Waals surface area contributed by atoms with Crippen molar-refractivity contribution in [2.75, 3.05) is 0 Å². The summed E-state index contributed by atoms with van der Waals surface area (Å²) in [4.78, 5) is 15.4. The molecule has 0 aromatic carbocycles. The van der Waals surface area contributed by atoms with Gasteiger partial charge in [-0.15, -0.1) is 11.3 Å². The highest BCUT2D eigenvalue weighted by atomic mass is 79.9. The lowest BCUT2D eigenvalue weighted by Gasteiger charge is -2.03. The summed E-state index contributed by atoms with van der Waals surface area (Å²) in [5.41, 5.74) is 0.916. The summed E-state index contributed by atoms with van der Waals surface area (Å²) < 4.78 is 2.54. The largest absolute Gasteiger partial charge is 0.295 e. The average molecular weight is 306 g/mol. The fourth-order valence-corrected chi connectivity index (χ4v) is 2.49. The predicted molar refractivity (Wildman–Crippen MR) is 64.6 cm³/mol. The number of halogens is 2. The van der Waals surface area contributed by atoms with Crippen LogP contribution < -0.4 is 5.56 Å². The molecule has 2 heterocycles. The van der Waals surface area contributed by atoms with E-state index in [0.29, 0.717) is 6.54 Å². The van der Waals surface area contributed by atoms with Crippen molar-refractivity contribution >= 4 is 38.9 Å². The second-order valence-corrected chi connectivity index (χ2v) is 5.52. The van der Waals surface area contributed by atoms with Crippen LogP contribution in [0, 0.1) is 0 Å². The molecule has 0 saturated carbocycles. The van der Waals surface area contributed by atoms with Gasteiger partial charge in [0.1, 0.15) is 5.15 Å². The van der Waals surface area contributed by atoms with Gasteiger partial charge in [0.2, 0.25) is 0 Å². The van der Waals surface area contributed by atoms with Crippen molar-refractivity contribution in [3.8, 4) is 0 Å². The predicted octanol–water partition coefficient (Wildman–Crippen LogP) is 2.77. The van der Waals surface area contributed by atoms with Crippen molar-refractivity contribution in [2.45, 2.75) is 6.54 Å². The molecule has 0 atom stereocenters. The van der Waals surface area contributed by atoms with E-state index in [4.69, 9.17) is 11.6 Å². The van der Waals surface area contributed by atoms with Crippen LogP contribution in [0.5, 0.6) is 0 Å². The molecule has 0 unspecified atom stereocenters. The van der Waals surface area contributed by atoms with Crippen LogP contribution in [0.15, 0.2) is 32.4 Å². The molecule has 0 fully saturated rings. The quantitative estimate of drug-likeness (QED) is 0.800. The molecule has 0 bridgehead atoms. The highest BCUT2D eigenvalue weighted by molar-refractivity contribution is 9.11. The molecule has 3 nitrogen and oxygen atoms in total. The van der Waals surface area contributed by atoms with Crippen LogP contribution in [0.4, 0.5) is 0 Å². The van der Waals surface area contributed by atoms with Gasteiger partial charge in [-0.2, -0.15) is 0 Å². The molecule has 2 rings (SSSR count). The van der Waals surface area contributed by atoms with Crippen LogP contribution in [0.2, 0.25) is 5.15 Å². The Morgan fingerprint density at radius 2 is 2.40 bits per heavy atom. The molecule has 2 aromatic rings. The monoisotopic (exact) mass is 304 g/mol. The normalized spacial score (nSPS) is 10.5. The Balaban J connectivity index is 2.33. The molecule has 0 radical (unpaired) electrons. The molecule has 78 valence electrons. The van der Waals surface area contributed by atoms with E-state index in [1.807, 2.05) is 11.4 Å². The van der Waals surface area contributed by atoms with E-state index in [2.05, 4.69) is 20.9 Å². The molecule has 0 aliphatic heterocycles. The molecular formula is C9H6BrClN2OS. The standard InChI is InChI=1S/C9H6BrClN2OS/c10-9-6(1-2-15-9)4-13-5-12-7(11)3-8(13)14/h1-3,5H,4H2. The molecule has 6 heteroatoms. The number of thiophene rings is 1. The molecule has 0 spiro atoms. The molecule has 0 aliphatic carbocycles. The number of aromatic nitrogens is 2. The van der Waals surface area contributed by atoms with Crippen molar-refractivity contribution in [3.63, 3.8) is 0 Å². The van der Waals surface area contributed by atoms with Gasteiger partial charge in [0.25, 0.3) is 5.56 Å². The highest BCUT2D eigenvalue weighted by Gasteiger charge is 2.04. The summed E-state index contributed by atoms with van der Waals surface area (Å²) in [6, 6.07) is 3.28. The van der Waals surface area contributed by atoms with E-state index in [0.717, 1.165) is 9.35 Å². The Bertz CT molecular complexity index is 537. The minimum absolute atomic E-state index is 0.145. The van der Waals surface area contributed by atoms with Crippen LogP contribution in [0.25, 0.3) is 0 Å². The van der Waals surface area contributed by atoms with E-state index < -0.39 is 0 Å². The summed E-state index contributed by atoms with van der Waals surface area (Å²) in [7, 11) is 0. The van der Waals surface area contributed by atoms with Crippen LogP contribution in [-0.2, 0) is 6.54 Å². The first-order valence-corrected chi connectivity index (χ1v) is 6.16. The fourth-order valence-electron chi connectivity index (χ4n) is 1.14. The number of nitrogens with zero attached hydrogens (tertiary/aromatic N) is 2. The van der Waals surface area contributed by atoms with Crippen molar-refractivity contribution in [1.29, 1.82) is 0 Å². The first kappa shape index (κ1) is 10.9. The Morgan fingerprint density at radius 1 is 1.60 bits per heavy atom. The lowest BCUT2D eigenvalue weighted by atomic mass is 10.3. The van der Waals surface area contributed by atoms with Crippen molar-refractivity contribution in [3.05, 3.63) is 48.7 Å². The molecule has 2 aromatic heterocycles. The molecule has 0 aliphatic rings. The minimum Gasteiger partial charge on any atom is -0.295 e. The van der Waals surface area contributed by atoms with Gasteiger partial charge in [0.15, 0.2) is 0 Å². The van der Waals surface area contributed by atoms with E-state index >= 15 is 0 Å². The summed E-state index contributed by atoms with van der Waals surface area (Å²) in [6.45, 7) is 0.507. The summed E-state index contributed by atoms with van der Waals surface area (Å²) in [5, 5.41) is 2.19. The van der Waals surface area contributed by atoms with Gasteiger partial charge in [0, 0.05) is 6.07 Å². The maximum absolute atomic E-state index is 11.5. The topological polar surface area (TPSA) is 34.9 Å². The first-order chi connectivity index (χ1) is 7.16. The van der Waals surface area contributed by atoms with E-state index in [9.17, 15) is 4.79 Å². The third kappa shape index (κ3) is 2.48. The fraction of sp³-hybridized carbons (Fsp3) is 0.111. The van der Waals surface area contributed by atoms with Crippen LogP contribution in [0.3, 0.4) is 0 Å². The summed E-state index contributed by atoms with van der Waals surface area (Å²) in [5.74, 6) is 0. The van der Waals surface area contributed by atoms with Crippen molar-refractivity contribution in [2.24, 2.45) is 0 Å². The third-order valence-corrected chi connectivity index (χ3v) is 3.90. The van der Waals surface area contributed by atoms with Gasteiger partial charge >= 0.3 is 0 Å². The van der Waals surface area contributed by atoms with E-state index in [1.165, 1.54) is 17.0 Å². The maximum atomic E-state index is 11.5. The van der Waals surface area contributed by atoms with Gasteiger partial charge in [-0.1, -0.05) is 11.6 Å². The second-order valence-electron chi connectivity index (χ2n) is 2.90. The summed E-state index contributed by atoms with van der Waals surface area (Å²) in [6.07, 6.45) is 1.45. The molecule has 15 heavy (non-hydrogen) atoms. The van der Waals surface area contributed by atoms with Crippen LogP contribution in [-0.4, -0.2) is 9.55 Å². The van der Waals surface area contributed by atoms with Crippen LogP contribution in [0.1, 0.15) is 5.56 Å². The van der Waals surface area contributed by atoms with Crippen molar-refractivity contribution in [1.82, 2.24) is 9.55 Å². The zero-order valence-corrected chi connectivity index (χ0v) is 10.6. The number of hydrogen-bond acceptors (Lipinski definition) is 3. The lowest BCUT2D eigenvalue weighted by Crippen LogP contribution is -2.19. The first-order valence-electron chi connectivity index (χ1n) is 4.10. The molecule has 0 saturated heterocycles. The zero-order valence-electron chi connectivity index (χ0n) is 7.48.